The Balaban J connectivity index is 1.56. The monoisotopic (exact) mass is 247 g/mol. The predicted molar refractivity (Wildman–Crippen MR) is 71.3 cm³/mol. The number of pyridine rings is 1. The highest BCUT2D eigenvalue weighted by molar-refractivity contribution is 5.74. The molecule has 0 saturated heterocycles. The first-order chi connectivity index (χ1) is 8.84. The third-order valence-corrected chi connectivity index (χ3v) is 3.31. The summed E-state index contributed by atoms with van der Waals surface area (Å²) < 4.78 is 0. The Morgan fingerprint density at radius 3 is 2.89 bits per heavy atom. The van der Waals surface area contributed by atoms with E-state index >= 15 is 0 Å². The zero-order valence-electron chi connectivity index (χ0n) is 10.7. The molecule has 0 bridgehead atoms. The van der Waals surface area contributed by atoms with E-state index in [1.165, 1.54) is 12.8 Å². The van der Waals surface area contributed by atoms with Gasteiger partial charge in [0, 0.05) is 24.5 Å². The van der Waals surface area contributed by atoms with Crippen LogP contribution in [-0.2, 0) is 6.42 Å². The van der Waals surface area contributed by atoms with Gasteiger partial charge in [0.25, 0.3) is 0 Å². The Kier molecular flexibility index (Phi) is 5.00. The molecule has 1 fully saturated rings. The Labute approximate surface area is 108 Å². The highest BCUT2D eigenvalue weighted by Gasteiger charge is 2.16. The molecule has 0 radical (unpaired) electrons. The molecular formula is C14H21N3O. The van der Waals surface area contributed by atoms with Crippen molar-refractivity contribution in [3.8, 4) is 0 Å². The Morgan fingerprint density at radius 2 is 2.17 bits per heavy atom. The number of carbonyl (C=O) groups excluding carboxylic acids is 1. The van der Waals surface area contributed by atoms with Crippen LogP contribution in [0.2, 0.25) is 0 Å². The van der Waals surface area contributed by atoms with Crippen LogP contribution in [0.4, 0.5) is 4.79 Å². The smallest absolute Gasteiger partial charge is 0.315 e. The molecule has 4 heteroatoms. The summed E-state index contributed by atoms with van der Waals surface area (Å²) in [5, 5.41) is 5.91. The zero-order chi connectivity index (χ0) is 12.6. The van der Waals surface area contributed by atoms with E-state index in [1.807, 2.05) is 18.2 Å². The van der Waals surface area contributed by atoms with Gasteiger partial charge in [-0.05, 0) is 37.8 Å². The molecule has 1 heterocycles. The van der Waals surface area contributed by atoms with Crippen LogP contribution in [0, 0.1) is 0 Å². The molecule has 0 aliphatic heterocycles. The third kappa shape index (κ3) is 4.35. The summed E-state index contributed by atoms with van der Waals surface area (Å²) in [6.07, 6.45) is 8.37. The van der Waals surface area contributed by atoms with Gasteiger partial charge in [-0.15, -0.1) is 0 Å². The molecule has 0 atom stereocenters. The van der Waals surface area contributed by atoms with Crippen LogP contribution >= 0.6 is 0 Å². The second-order valence-electron chi connectivity index (χ2n) is 4.81. The summed E-state index contributed by atoms with van der Waals surface area (Å²) >= 11 is 0. The van der Waals surface area contributed by atoms with Crippen molar-refractivity contribution in [2.75, 3.05) is 6.54 Å². The van der Waals surface area contributed by atoms with E-state index in [1.54, 1.807) is 6.20 Å². The number of urea groups is 1. The second kappa shape index (κ2) is 6.99. The van der Waals surface area contributed by atoms with Crippen LogP contribution in [0.5, 0.6) is 0 Å². The average molecular weight is 247 g/mol. The minimum Gasteiger partial charge on any atom is -0.338 e. The van der Waals surface area contributed by atoms with Crippen LogP contribution in [0.1, 0.15) is 37.8 Å². The number of hydrogen-bond donors (Lipinski definition) is 2. The van der Waals surface area contributed by atoms with Gasteiger partial charge in [-0.3, -0.25) is 4.98 Å². The van der Waals surface area contributed by atoms with E-state index in [9.17, 15) is 4.79 Å². The molecule has 1 saturated carbocycles. The van der Waals surface area contributed by atoms with Crippen molar-refractivity contribution in [2.24, 2.45) is 0 Å². The number of rotatable bonds is 5. The van der Waals surface area contributed by atoms with Gasteiger partial charge < -0.3 is 10.6 Å². The minimum atomic E-state index is -0.0251. The van der Waals surface area contributed by atoms with Crippen molar-refractivity contribution >= 4 is 6.03 Å². The molecule has 2 rings (SSSR count). The van der Waals surface area contributed by atoms with Crippen molar-refractivity contribution in [3.05, 3.63) is 30.1 Å². The molecule has 0 aromatic carbocycles. The fourth-order valence-electron chi connectivity index (χ4n) is 2.32. The number of aromatic nitrogens is 1. The lowest BCUT2D eigenvalue weighted by atomic mass is 10.2. The average Bonchev–Trinajstić information content (AvgIpc) is 2.89. The van der Waals surface area contributed by atoms with Gasteiger partial charge in [0.15, 0.2) is 0 Å². The fourth-order valence-corrected chi connectivity index (χ4v) is 2.32. The Morgan fingerprint density at radius 1 is 1.33 bits per heavy atom. The van der Waals surface area contributed by atoms with Crippen molar-refractivity contribution in [3.63, 3.8) is 0 Å². The molecule has 0 spiro atoms. The highest BCUT2D eigenvalue weighted by Crippen LogP contribution is 2.17. The molecule has 4 nitrogen and oxygen atoms in total. The molecule has 2 N–H and O–H groups in total. The van der Waals surface area contributed by atoms with Gasteiger partial charge in [-0.25, -0.2) is 4.79 Å². The maximum Gasteiger partial charge on any atom is 0.315 e. The van der Waals surface area contributed by atoms with Crippen LogP contribution in [0.3, 0.4) is 0 Å². The Bertz CT molecular complexity index is 361. The summed E-state index contributed by atoms with van der Waals surface area (Å²) in [6.45, 7) is 0.703. The number of aryl methyl sites for hydroxylation is 1. The third-order valence-electron chi connectivity index (χ3n) is 3.31. The minimum absolute atomic E-state index is 0.0251. The zero-order valence-corrected chi connectivity index (χ0v) is 10.7. The molecule has 2 amide bonds. The van der Waals surface area contributed by atoms with Gasteiger partial charge in [0.05, 0.1) is 0 Å². The quantitative estimate of drug-likeness (QED) is 0.784. The van der Waals surface area contributed by atoms with E-state index in [-0.39, 0.29) is 6.03 Å². The predicted octanol–water partition coefficient (Wildman–Crippen LogP) is 2.26. The standard InChI is InChI=1S/C14H21N3O/c18-14(17-13-7-1-2-8-13)16-11-5-9-12-6-3-4-10-15-12/h3-4,6,10,13H,1-2,5,7-9,11H2,(H2,16,17,18). The molecular weight excluding hydrogens is 226 g/mol. The normalized spacial score (nSPS) is 15.6. The van der Waals surface area contributed by atoms with Crippen LogP contribution < -0.4 is 10.6 Å². The van der Waals surface area contributed by atoms with Gasteiger partial charge in [-0.1, -0.05) is 18.9 Å². The van der Waals surface area contributed by atoms with Gasteiger partial charge in [-0.2, -0.15) is 0 Å². The summed E-state index contributed by atoms with van der Waals surface area (Å²) in [5.41, 5.74) is 1.08. The molecule has 1 aromatic heterocycles. The molecule has 18 heavy (non-hydrogen) atoms. The lowest BCUT2D eigenvalue weighted by molar-refractivity contribution is 0.237. The number of nitrogens with one attached hydrogen (secondary N) is 2. The summed E-state index contributed by atoms with van der Waals surface area (Å²) in [6, 6.07) is 6.28. The maximum absolute atomic E-state index is 11.6. The van der Waals surface area contributed by atoms with Gasteiger partial charge in [0.1, 0.15) is 0 Å². The van der Waals surface area contributed by atoms with Gasteiger partial charge >= 0.3 is 6.03 Å². The van der Waals surface area contributed by atoms with Crippen LogP contribution in [0.15, 0.2) is 24.4 Å². The molecule has 98 valence electrons. The van der Waals surface area contributed by atoms with Crippen molar-refractivity contribution in [1.29, 1.82) is 0 Å². The lowest BCUT2D eigenvalue weighted by Gasteiger charge is -2.12. The lowest BCUT2D eigenvalue weighted by Crippen LogP contribution is -2.41. The van der Waals surface area contributed by atoms with E-state index in [0.717, 1.165) is 31.4 Å². The van der Waals surface area contributed by atoms with Gasteiger partial charge in [0.2, 0.25) is 0 Å². The fraction of sp³-hybridized carbons (Fsp3) is 0.571. The van der Waals surface area contributed by atoms with Crippen molar-refractivity contribution < 1.29 is 4.79 Å². The van der Waals surface area contributed by atoms with Crippen molar-refractivity contribution in [1.82, 2.24) is 15.6 Å². The number of carbonyl (C=O) groups is 1. The SMILES string of the molecule is O=C(NCCCc1ccccn1)NC1CCCC1. The van der Waals surface area contributed by atoms with Crippen molar-refractivity contribution in [2.45, 2.75) is 44.6 Å². The largest absolute Gasteiger partial charge is 0.338 e. The van der Waals surface area contributed by atoms with Crippen LogP contribution in [0.25, 0.3) is 0 Å². The molecule has 1 aliphatic carbocycles. The summed E-state index contributed by atoms with van der Waals surface area (Å²) in [7, 11) is 0. The van der Waals surface area contributed by atoms with Crippen LogP contribution in [-0.4, -0.2) is 23.6 Å². The molecule has 0 unspecified atom stereocenters. The van der Waals surface area contributed by atoms with E-state index in [4.69, 9.17) is 0 Å². The molecule has 1 aliphatic rings. The van der Waals surface area contributed by atoms with E-state index in [0.29, 0.717) is 12.6 Å². The summed E-state index contributed by atoms with van der Waals surface area (Å²) in [5.74, 6) is 0. The first-order valence-corrected chi connectivity index (χ1v) is 6.79. The van der Waals surface area contributed by atoms with E-state index < -0.39 is 0 Å². The number of nitrogens with zero attached hydrogens (tertiary/aromatic N) is 1. The first kappa shape index (κ1) is 12.9. The second-order valence-corrected chi connectivity index (χ2v) is 4.81. The maximum atomic E-state index is 11.6. The Hall–Kier alpha value is -1.58. The highest BCUT2D eigenvalue weighted by atomic mass is 16.2. The number of hydrogen-bond acceptors (Lipinski definition) is 2. The summed E-state index contributed by atoms with van der Waals surface area (Å²) in [4.78, 5) is 15.8. The first-order valence-electron chi connectivity index (χ1n) is 6.79. The molecule has 1 aromatic rings. The van der Waals surface area contributed by atoms with E-state index in [2.05, 4.69) is 15.6 Å². The number of amides is 2. The topological polar surface area (TPSA) is 54.0 Å².